The normalized spacial score (nSPS) is 14.2. The molecule has 1 saturated heterocycles. The number of furan rings is 1. The molecular formula is C27H25NO3. The highest BCUT2D eigenvalue weighted by atomic mass is 16.5. The molecule has 2 heterocycles. The Labute approximate surface area is 182 Å². The lowest BCUT2D eigenvalue weighted by molar-refractivity contribution is 0.104. The SMILES string of the molecule is O=C(c1ccccc1)c1c(-c2ccc(OCCN3CCCC3)cc2)oc2ccccc12. The van der Waals surface area contributed by atoms with Gasteiger partial charge in [-0.1, -0.05) is 48.5 Å². The summed E-state index contributed by atoms with van der Waals surface area (Å²) in [6.07, 6.45) is 2.58. The summed E-state index contributed by atoms with van der Waals surface area (Å²) in [5, 5.41) is 0.831. The van der Waals surface area contributed by atoms with Crippen molar-refractivity contribution < 1.29 is 13.9 Å². The predicted octanol–water partition coefficient (Wildman–Crippen LogP) is 5.81. The van der Waals surface area contributed by atoms with Gasteiger partial charge in [-0.2, -0.15) is 0 Å². The Morgan fingerprint density at radius 1 is 0.871 bits per heavy atom. The second-order valence-electron chi connectivity index (χ2n) is 7.92. The molecule has 0 amide bonds. The van der Waals surface area contributed by atoms with Crippen LogP contribution in [-0.4, -0.2) is 36.9 Å². The molecule has 5 rings (SSSR count). The number of para-hydroxylation sites is 1. The van der Waals surface area contributed by atoms with Crippen LogP contribution in [0.3, 0.4) is 0 Å². The highest BCUT2D eigenvalue weighted by Crippen LogP contribution is 2.35. The van der Waals surface area contributed by atoms with Crippen molar-refractivity contribution in [3.05, 3.63) is 90.0 Å². The number of ether oxygens (including phenoxy) is 1. The molecule has 0 radical (unpaired) electrons. The minimum Gasteiger partial charge on any atom is -0.492 e. The Balaban J connectivity index is 1.42. The van der Waals surface area contributed by atoms with Gasteiger partial charge in [0, 0.05) is 23.1 Å². The lowest BCUT2D eigenvalue weighted by atomic mass is 9.97. The number of hydrogen-bond acceptors (Lipinski definition) is 4. The number of fused-ring (bicyclic) bond motifs is 1. The van der Waals surface area contributed by atoms with E-state index in [0.29, 0.717) is 29.1 Å². The third-order valence-electron chi connectivity index (χ3n) is 5.85. The highest BCUT2D eigenvalue weighted by molar-refractivity contribution is 6.19. The number of benzene rings is 3. The Kier molecular flexibility index (Phi) is 5.55. The van der Waals surface area contributed by atoms with Gasteiger partial charge in [0.1, 0.15) is 23.7 Å². The van der Waals surface area contributed by atoms with Gasteiger partial charge in [-0.25, -0.2) is 0 Å². The Morgan fingerprint density at radius 2 is 1.58 bits per heavy atom. The standard InChI is InChI=1S/C27H25NO3/c29-26(20-8-2-1-3-9-20)25-23-10-4-5-11-24(23)31-27(25)21-12-14-22(15-13-21)30-19-18-28-16-6-7-17-28/h1-5,8-15H,6-7,16-19H2. The van der Waals surface area contributed by atoms with E-state index in [1.807, 2.05) is 78.9 Å². The van der Waals surface area contributed by atoms with Crippen LogP contribution in [0.5, 0.6) is 5.75 Å². The van der Waals surface area contributed by atoms with Crippen molar-refractivity contribution in [2.24, 2.45) is 0 Å². The summed E-state index contributed by atoms with van der Waals surface area (Å²) < 4.78 is 12.1. The zero-order chi connectivity index (χ0) is 21.0. The van der Waals surface area contributed by atoms with E-state index >= 15 is 0 Å². The molecule has 0 N–H and O–H groups in total. The summed E-state index contributed by atoms with van der Waals surface area (Å²) >= 11 is 0. The molecule has 0 spiro atoms. The molecule has 4 aromatic rings. The smallest absolute Gasteiger partial charge is 0.197 e. The quantitative estimate of drug-likeness (QED) is 0.360. The number of carbonyl (C=O) groups is 1. The van der Waals surface area contributed by atoms with Crippen LogP contribution < -0.4 is 4.74 Å². The van der Waals surface area contributed by atoms with E-state index in [9.17, 15) is 4.79 Å². The van der Waals surface area contributed by atoms with Crippen LogP contribution in [-0.2, 0) is 0 Å². The summed E-state index contributed by atoms with van der Waals surface area (Å²) in [5.41, 5.74) is 2.83. The molecule has 0 aliphatic carbocycles. The summed E-state index contributed by atoms with van der Waals surface area (Å²) in [6.45, 7) is 3.99. The van der Waals surface area contributed by atoms with Crippen molar-refractivity contribution >= 4 is 16.8 Å². The van der Waals surface area contributed by atoms with Gasteiger partial charge in [-0.15, -0.1) is 0 Å². The fourth-order valence-electron chi connectivity index (χ4n) is 4.21. The molecular weight excluding hydrogens is 386 g/mol. The Bertz CT molecular complexity index is 1170. The fourth-order valence-corrected chi connectivity index (χ4v) is 4.21. The number of carbonyl (C=O) groups excluding carboxylic acids is 1. The lowest BCUT2D eigenvalue weighted by Gasteiger charge is -2.15. The molecule has 0 atom stereocenters. The van der Waals surface area contributed by atoms with E-state index in [1.54, 1.807) is 0 Å². The number of likely N-dealkylation sites (tertiary alicyclic amines) is 1. The van der Waals surface area contributed by atoms with Crippen LogP contribution in [0.1, 0.15) is 28.8 Å². The summed E-state index contributed by atoms with van der Waals surface area (Å²) in [6, 6.07) is 24.9. The average molecular weight is 412 g/mol. The van der Waals surface area contributed by atoms with Crippen LogP contribution >= 0.6 is 0 Å². The highest BCUT2D eigenvalue weighted by Gasteiger charge is 2.23. The van der Waals surface area contributed by atoms with E-state index in [0.717, 1.165) is 23.2 Å². The van der Waals surface area contributed by atoms with E-state index in [1.165, 1.54) is 25.9 Å². The maximum atomic E-state index is 13.4. The van der Waals surface area contributed by atoms with E-state index < -0.39 is 0 Å². The lowest BCUT2D eigenvalue weighted by Crippen LogP contribution is -2.25. The molecule has 0 bridgehead atoms. The fraction of sp³-hybridized carbons (Fsp3) is 0.222. The summed E-state index contributed by atoms with van der Waals surface area (Å²) in [5.74, 6) is 1.39. The first-order chi connectivity index (χ1) is 15.3. The van der Waals surface area contributed by atoms with Gasteiger partial charge in [-0.05, 0) is 56.3 Å². The van der Waals surface area contributed by atoms with Crippen LogP contribution in [0.15, 0.2) is 83.3 Å². The minimum atomic E-state index is -0.0357. The van der Waals surface area contributed by atoms with Crippen LogP contribution in [0.4, 0.5) is 0 Å². The molecule has 31 heavy (non-hydrogen) atoms. The molecule has 3 aromatic carbocycles. The molecule has 4 nitrogen and oxygen atoms in total. The molecule has 156 valence electrons. The van der Waals surface area contributed by atoms with E-state index in [4.69, 9.17) is 9.15 Å². The van der Waals surface area contributed by atoms with Gasteiger partial charge >= 0.3 is 0 Å². The molecule has 1 fully saturated rings. The van der Waals surface area contributed by atoms with Crippen molar-refractivity contribution in [1.29, 1.82) is 0 Å². The van der Waals surface area contributed by atoms with Crippen LogP contribution in [0, 0.1) is 0 Å². The second-order valence-corrected chi connectivity index (χ2v) is 7.92. The van der Waals surface area contributed by atoms with Gasteiger partial charge in [0.05, 0.1) is 5.56 Å². The monoisotopic (exact) mass is 411 g/mol. The Hall–Kier alpha value is -3.37. The summed E-state index contributed by atoms with van der Waals surface area (Å²) in [7, 11) is 0. The summed E-state index contributed by atoms with van der Waals surface area (Å²) in [4.78, 5) is 15.8. The predicted molar refractivity (Wildman–Crippen MR) is 123 cm³/mol. The molecule has 0 unspecified atom stereocenters. The molecule has 0 saturated carbocycles. The van der Waals surface area contributed by atoms with Crippen LogP contribution in [0.2, 0.25) is 0 Å². The average Bonchev–Trinajstić information content (AvgIpc) is 3.47. The topological polar surface area (TPSA) is 42.7 Å². The number of rotatable bonds is 7. The van der Waals surface area contributed by atoms with Crippen molar-refractivity contribution in [2.75, 3.05) is 26.2 Å². The van der Waals surface area contributed by atoms with Crippen LogP contribution in [0.25, 0.3) is 22.3 Å². The Morgan fingerprint density at radius 3 is 2.35 bits per heavy atom. The molecule has 1 aliphatic rings. The maximum Gasteiger partial charge on any atom is 0.197 e. The largest absolute Gasteiger partial charge is 0.492 e. The molecule has 4 heteroatoms. The first-order valence-electron chi connectivity index (χ1n) is 10.9. The minimum absolute atomic E-state index is 0.0357. The first kappa shape index (κ1) is 19.6. The van der Waals surface area contributed by atoms with E-state index in [-0.39, 0.29) is 5.78 Å². The van der Waals surface area contributed by atoms with Gasteiger partial charge in [0.2, 0.25) is 0 Å². The van der Waals surface area contributed by atoms with Crippen molar-refractivity contribution in [2.45, 2.75) is 12.8 Å². The zero-order valence-corrected chi connectivity index (χ0v) is 17.4. The second kappa shape index (κ2) is 8.78. The maximum absolute atomic E-state index is 13.4. The van der Waals surface area contributed by atoms with Crippen molar-refractivity contribution in [3.8, 4) is 17.1 Å². The number of ketones is 1. The van der Waals surface area contributed by atoms with Gasteiger partial charge in [0.15, 0.2) is 5.78 Å². The molecule has 1 aromatic heterocycles. The van der Waals surface area contributed by atoms with E-state index in [2.05, 4.69) is 4.90 Å². The van der Waals surface area contributed by atoms with Crippen molar-refractivity contribution in [1.82, 2.24) is 4.90 Å². The zero-order valence-electron chi connectivity index (χ0n) is 17.4. The first-order valence-corrected chi connectivity index (χ1v) is 10.9. The van der Waals surface area contributed by atoms with Gasteiger partial charge < -0.3 is 9.15 Å². The van der Waals surface area contributed by atoms with Gasteiger partial charge in [0.25, 0.3) is 0 Å². The van der Waals surface area contributed by atoms with Crippen molar-refractivity contribution in [3.63, 3.8) is 0 Å². The number of hydrogen-bond donors (Lipinski definition) is 0. The third kappa shape index (κ3) is 4.12. The number of nitrogens with zero attached hydrogens (tertiary/aromatic N) is 1. The van der Waals surface area contributed by atoms with Gasteiger partial charge in [-0.3, -0.25) is 9.69 Å². The molecule has 1 aliphatic heterocycles. The third-order valence-corrected chi connectivity index (χ3v) is 5.85.